The van der Waals surface area contributed by atoms with Crippen LogP contribution in [0.15, 0.2) is 16.7 Å². The van der Waals surface area contributed by atoms with E-state index in [1.54, 1.807) is 0 Å². The lowest BCUT2D eigenvalue weighted by Crippen LogP contribution is -2.41. The lowest BCUT2D eigenvalue weighted by Gasteiger charge is -2.36. The molecule has 7 heteroatoms. The molecule has 0 atom stereocenters. The molecule has 6 nitrogen and oxygen atoms in total. The summed E-state index contributed by atoms with van der Waals surface area (Å²) in [6.07, 6.45) is 5.44. The molecule has 1 aliphatic carbocycles. The van der Waals surface area contributed by atoms with E-state index >= 15 is 0 Å². The van der Waals surface area contributed by atoms with Crippen LogP contribution < -0.4 is 10.6 Å². The van der Waals surface area contributed by atoms with Crippen LogP contribution in [0, 0.1) is 10.1 Å². The number of pyridine rings is 1. The van der Waals surface area contributed by atoms with Crippen molar-refractivity contribution in [1.29, 1.82) is 0 Å². The van der Waals surface area contributed by atoms with Gasteiger partial charge in [0, 0.05) is 24.7 Å². The van der Waals surface area contributed by atoms with Gasteiger partial charge in [0.25, 0.3) is 5.69 Å². The molecular weight excluding hydrogens is 324 g/mol. The molecule has 110 valence electrons. The normalized spacial score (nSPS) is 22.6. The van der Waals surface area contributed by atoms with Crippen molar-refractivity contribution in [1.82, 2.24) is 4.98 Å². The lowest BCUT2D eigenvalue weighted by atomic mass is 9.90. The first-order valence-corrected chi connectivity index (χ1v) is 7.64. The van der Waals surface area contributed by atoms with Crippen molar-refractivity contribution in [3.8, 4) is 0 Å². The fourth-order valence-corrected chi connectivity index (χ4v) is 3.29. The molecular formula is C13H19BrN4O2. The molecule has 0 aliphatic heterocycles. The minimum atomic E-state index is -0.433. The van der Waals surface area contributed by atoms with Crippen LogP contribution in [0.3, 0.4) is 0 Å². The molecule has 2 rings (SSSR count). The summed E-state index contributed by atoms with van der Waals surface area (Å²) >= 11 is 3.40. The van der Waals surface area contributed by atoms with Gasteiger partial charge < -0.3 is 10.6 Å². The number of nitrogens with two attached hydrogens (primary N) is 1. The van der Waals surface area contributed by atoms with Crippen LogP contribution in [0.2, 0.25) is 0 Å². The van der Waals surface area contributed by atoms with Crippen molar-refractivity contribution in [3.05, 3.63) is 26.9 Å². The number of hydrogen-bond acceptors (Lipinski definition) is 5. The smallest absolute Gasteiger partial charge is 0.288 e. The summed E-state index contributed by atoms with van der Waals surface area (Å²) in [4.78, 5) is 16.8. The van der Waals surface area contributed by atoms with Crippen LogP contribution in [-0.4, -0.2) is 28.5 Å². The maximum absolute atomic E-state index is 10.8. The van der Waals surface area contributed by atoms with Gasteiger partial charge in [0.2, 0.25) is 0 Å². The number of nitrogens with zero attached hydrogens (tertiary/aromatic N) is 3. The Balaban J connectivity index is 2.21. The third-order valence-corrected chi connectivity index (χ3v) is 4.40. The predicted octanol–water partition coefficient (Wildman–Crippen LogP) is 2.85. The zero-order valence-corrected chi connectivity index (χ0v) is 13.0. The van der Waals surface area contributed by atoms with Crippen molar-refractivity contribution >= 4 is 27.4 Å². The molecule has 0 radical (unpaired) electrons. The van der Waals surface area contributed by atoms with Crippen LogP contribution in [0.25, 0.3) is 0 Å². The summed E-state index contributed by atoms with van der Waals surface area (Å²) in [5.41, 5.74) is 5.94. The highest BCUT2D eigenvalue weighted by molar-refractivity contribution is 9.10. The standard InChI is InChI=1S/C13H19BrN4O2/c1-2-17(10-5-3-9(15)4-6-10)13-12(14)7-11(8-16-13)18(19)20/h7-10H,2-6,15H2,1H3. The van der Waals surface area contributed by atoms with Crippen molar-refractivity contribution in [3.63, 3.8) is 0 Å². The first-order chi connectivity index (χ1) is 9.52. The highest BCUT2D eigenvalue weighted by Crippen LogP contribution is 2.32. The summed E-state index contributed by atoms with van der Waals surface area (Å²) in [5, 5.41) is 10.8. The van der Waals surface area contributed by atoms with Crippen LogP contribution in [-0.2, 0) is 0 Å². The van der Waals surface area contributed by atoms with Gasteiger partial charge in [0.15, 0.2) is 0 Å². The van der Waals surface area contributed by atoms with Gasteiger partial charge in [-0.3, -0.25) is 10.1 Å². The topological polar surface area (TPSA) is 85.3 Å². The fourth-order valence-electron chi connectivity index (χ4n) is 2.73. The highest BCUT2D eigenvalue weighted by Gasteiger charge is 2.26. The van der Waals surface area contributed by atoms with Gasteiger partial charge in [0.1, 0.15) is 12.0 Å². The van der Waals surface area contributed by atoms with Crippen LogP contribution in [0.4, 0.5) is 11.5 Å². The number of anilines is 1. The van der Waals surface area contributed by atoms with E-state index in [0.29, 0.717) is 16.6 Å². The second-order valence-corrected chi connectivity index (χ2v) is 5.97. The first-order valence-electron chi connectivity index (χ1n) is 6.85. The largest absolute Gasteiger partial charge is 0.353 e. The van der Waals surface area contributed by atoms with Gasteiger partial charge >= 0.3 is 0 Å². The van der Waals surface area contributed by atoms with E-state index in [-0.39, 0.29) is 5.69 Å². The molecule has 2 N–H and O–H groups in total. The molecule has 1 aromatic heterocycles. The zero-order chi connectivity index (χ0) is 14.7. The number of aromatic nitrogens is 1. The van der Waals surface area contributed by atoms with Crippen LogP contribution in [0.1, 0.15) is 32.6 Å². The van der Waals surface area contributed by atoms with Gasteiger partial charge in [-0.2, -0.15) is 0 Å². The molecule has 1 saturated carbocycles. The monoisotopic (exact) mass is 342 g/mol. The Bertz CT molecular complexity index is 489. The van der Waals surface area contributed by atoms with Crippen molar-refractivity contribution in [2.75, 3.05) is 11.4 Å². The third-order valence-electron chi connectivity index (χ3n) is 3.81. The van der Waals surface area contributed by atoms with Gasteiger partial charge in [-0.15, -0.1) is 0 Å². The van der Waals surface area contributed by atoms with E-state index in [1.807, 2.05) is 0 Å². The molecule has 1 aromatic rings. The number of rotatable bonds is 4. The van der Waals surface area contributed by atoms with Crippen molar-refractivity contribution < 1.29 is 4.92 Å². The average molecular weight is 343 g/mol. The maximum Gasteiger partial charge on any atom is 0.288 e. The first kappa shape index (κ1) is 15.2. The number of hydrogen-bond donors (Lipinski definition) is 1. The second-order valence-electron chi connectivity index (χ2n) is 5.11. The molecule has 1 fully saturated rings. The molecule has 0 spiro atoms. The zero-order valence-electron chi connectivity index (χ0n) is 11.5. The summed E-state index contributed by atoms with van der Waals surface area (Å²) in [7, 11) is 0. The van der Waals surface area contributed by atoms with Gasteiger partial charge in [0.05, 0.1) is 9.40 Å². The molecule has 0 saturated heterocycles. The predicted molar refractivity (Wildman–Crippen MR) is 81.8 cm³/mol. The lowest BCUT2D eigenvalue weighted by molar-refractivity contribution is -0.385. The van der Waals surface area contributed by atoms with Gasteiger partial charge in [-0.1, -0.05) is 0 Å². The second kappa shape index (κ2) is 6.49. The number of nitro groups is 1. The Morgan fingerprint density at radius 2 is 2.15 bits per heavy atom. The minimum absolute atomic E-state index is 0.00217. The summed E-state index contributed by atoms with van der Waals surface area (Å²) in [5.74, 6) is 0.776. The third kappa shape index (κ3) is 3.27. The Hall–Kier alpha value is -1.21. The van der Waals surface area contributed by atoms with E-state index in [2.05, 4.69) is 32.7 Å². The average Bonchev–Trinajstić information content (AvgIpc) is 2.43. The van der Waals surface area contributed by atoms with Crippen LogP contribution in [0.5, 0.6) is 0 Å². The Kier molecular flexibility index (Phi) is 4.93. The molecule has 0 amide bonds. The molecule has 0 unspecified atom stereocenters. The minimum Gasteiger partial charge on any atom is -0.353 e. The Labute approximate surface area is 126 Å². The van der Waals surface area contributed by atoms with Crippen LogP contribution >= 0.6 is 15.9 Å². The van der Waals surface area contributed by atoms with Crippen molar-refractivity contribution in [2.45, 2.75) is 44.7 Å². The van der Waals surface area contributed by atoms with E-state index in [1.165, 1.54) is 12.3 Å². The van der Waals surface area contributed by atoms with E-state index in [0.717, 1.165) is 38.0 Å². The quantitative estimate of drug-likeness (QED) is 0.671. The maximum atomic E-state index is 10.8. The molecule has 1 heterocycles. The summed E-state index contributed by atoms with van der Waals surface area (Å²) in [6.45, 7) is 2.90. The van der Waals surface area contributed by atoms with E-state index in [4.69, 9.17) is 5.73 Å². The molecule has 0 aromatic carbocycles. The van der Waals surface area contributed by atoms with Crippen molar-refractivity contribution in [2.24, 2.45) is 5.73 Å². The molecule has 0 bridgehead atoms. The number of halogens is 1. The molecule has 1 aliphatic rings. The SMILES string of the molecule is CCN(c1ncc([N+](=O)[O-])cc1Br)C1CCC(N)CC1. The molecule has 20 heavy (non-hydrogen) atoms. The van der Waals surface area contributed by atoms with E-state index < -0.39 is 4.92 Å². The Morgan fingerprint density at radius 1 is 1.50 bits per heavy atom. The van der Waals surface area contributed by atoms with Gasteiger partial charge in [-0.05, 0) is 48.5 Å². The Morgan fingerprint density at radius 3 is 2.65 bits per heavy atom. The van der Waals surface area contributed by atoms with E-state index in [9.17, 15) is 10.1 Å². The fraction of sp³-hybridized carbons (Fsp3) is 0.615. The summed E-state index contributed by atoms with van der Waals surface area (Å²) in [6, 6.07) is 2.22. The van der Waals surface area contributed by atoms with Gasteiger partial charge in [-0.25, -0.2) is 4.98 Å². The highest BCUT2D eigenvalue weighted by atomic mass is 79.9. The summed E-state index contributed by atoms with van der Waals surface area (Å²) < 4.78 is 0.670.